The molecule has 1 amide bonds. The van der Waals surface area contributed by atoms with E-state index in [4.69, 9.17) is 4.74 Å². The number of Topliss-reactive ketones (excluding diaryl/α,β-unsaturated/α-hetero) is 1. The molecule has 1 saturated heterocycles. The molecule has 1 aliphatic heterocycles. The Labute approximate surface area is 186 Å². The highest BCUT2D eigenvalue weighted by atomic mass is 16.5. The summed E-state index contributed by atoms with van der Waals surface area (Å²) in [6.45, 7) is 2.76. The van der Waals surface area contributed by atoms with Gasteiger partial charge in [-0.15, -0.1) is 0 Å². The Morgan fingerprint density at radius 2 is 1.78 bits per heavy atom. The zero-order valence-corrected chi connectivity index (χ0v) is 17.8. The molecule has 1 N–H and O–H groups in total. The molecule has 0 saturated carbocycles. The van der Waals surface area contributed by atoms with Gasteiger partial charge in [0.05, 0.1) is 18.2 Å². The van der Waals surface area contributed by atoms with Crippen LogP contribution in [0, 0.1) is 0 Å². The van der Waals surface area contributed by atoms with Gasteiger partial charge in [0, 0.05) is 24.5 Å². The summed E-state index contributed by atoms with van der Waals surface area (Å²) in [6.07, 6.45) is 3.84. The molecule has 4 rings (SSSR count). The van der Waals surface area contributed by atoms with Gasteiger partial charge in [0.2, 0.25) is 0 Å². The number of ketones is 1. The van der Waals surface area contributed by atoms with Crippen LogP contribution in [0.1, 0.15) is 29.7 Å². The Bertz CT molecular complexity index is 1130. The van der Waals surface area contributed by atoms with Crippen molar-refractivity contribution in [1.82, 2.24) is 9.88 Å². The average molecular weight is 428 g/mol. The van der Waals surface area contributed by atoms with Crippen molar-refractivity contribution in [3.05, 3.63) is 101 Å². The number of aliphatic hydroxyl groups excluding tert-OH is 1. The van der Waals surface area contributed by atoms with Crippen LogP contribution < -0.4 is 4.74 Å². The van der Waals surface area contributed by atoms with Gasteiger partial charge in [0.1, 0.15) is 11.5 Å². The van der Waals surface area contributed by atoms with Crippen LogP contribution in [0.4, 0.5) is 0 Å². The Morgan fingerprint density at radius 3 is 2.44 bits per heavy atom. The second kappa shape index (κ2) is 9.47. The zero-order chi connectivity index (χ0) is 22.5. The Kier molecular flexibility index (Phi) is 6.31. The quantitative estimate of drug-likeness (QED) is 0.348. The van der Waals surface area contributed by atoms with Crippen LogP contribution in [0.3, 0.4) is 0 Å². The Hall–Kier alpha value is -3.93. The fraction of sp³-hybridized carbons (Fsp3) is 0.192. The standard InChI is InChI=1S/C26H24N2O4/c1-2-32-21-12-10-19(11-13-21)24(29)22-23(20-9-6-15-27-17-20)28(26(31)25(22)30)16-14-18-7-4-3-5-8-18/h3-13,15,17,23,29H,2,14,16H2,1H3/b24-22+. The third-order valence-corrected chi connectivity index (χ3v) is 5.46. The first-order chi connectivity index (χ1) is 15.6. The first-order valence-electron chi connectivity index (χ1n) is 10.6. The number of carbonyl (C=O) groups is 2. The number of ether oxygens (including phenoxy) is 1. The Balaban J connectivity index is 1.73. The number of benzene rings is 2. The summed E-state index contributed by atoms with van der Waals surface area (Å²) < 4.78 is 5.45. The maximum absolute atomic E-state index is 13.0. The van der Waals surface area contributed by atoms with E-state index in [-0.39, 0.29) is 11.3 Å². The summed E-state index contributed by atoms with van der Waals surface area (Å²) in [6, 6.07) is 19.4. The molecule has 0 bridgehead atoms. The third-order valence-electron chi connectivity index (χ3n) is 5.46. The highest BCUT2D eigenvalue weighted by Gasteiger charge is 2.45. The van der Waals surface area contributed by atoms with Gasteiger partial charge in [-0.25, -0.2) is 0 Å². The molecule has 162 valence electrons. The van der Waals surface area contributed by atoms with E-state index >= 15 is 0 Å². The molecule has 6 nitrogen and oxygen atoms in total. The van der Waals surface area contributed by atoms with Gasteiger partial charge in [0.15, 0.2) is 0 Å². The van der Waals surface area contributed by atoms with Gasteiger partial charge >= 0.3 is 0 Å². The molecule has 0 aliphatic carbocycles. The fourth-order valence-electron chi connectivity index (χ4n) is 3.92. The molecule has 3 aromatic rings. The molecule has 6 heteroatoms. The Morgan fingerprint density at radius 1 is 1.03 bits per heavy atom. The predicted octanol–water partition coefficient (Wildman–Crippen LogP) is 4.14. The van der Waals surface area contributed by atoms with Gasteiger partial charge < -0.3 is 14.7 Å². The monoisotopic (exact) mass is 428 g/mol. The van der Waals surface area contributed by atoms with Gasteiger partial charge in [-0.3, -0.25) is 14.6 Å². The minimum atomic E-state index is -0.709. The number of hydrogen-bond acceptors (Lipinski definition) is 5. The second-order valence-corrected chi connectivity index (χ2v) is 7.47. The first-order valence-corrected chi connectivity index (χ1v) is 10.6. The third kappa shape index (κ3) is 4.25. The van der Waals surface area contributed by atoms with Crippen molar-refractivity contribution < 1.29 is 19.4 Å². The van der Waals surface area contributed by atoms with Gasteiger partial charge in [-0.2, -0.15) is 0 Å². The summed E-state index contributed by atoms with van der Waals surface area (Å²) in [5.74, 6) is -0.862. The van der Waals surface area contributed by atoms with E-state index in [2.05, 4.69) is 4.98 Å². The van der Waals surface area contributed by atoms with Crippen LogP contribution in [0.2, 0.25) is 0 Å². The molecule has 2 aromatic carbocycles. The maximum Gasteiger partial charge on any atom is 0.295 e. The number of hydrogen-bond donors (Lipinski definition) is 1. The van der Waals surface area contributed by atoms with Gasteiger partial charge in [-0.1, -0.05) is 36.4 Å². The van der Waals surface area contributed by atoms with E-state index in [0.29, 0.717) is 36.4 Å². The highest BCUT2D eigenvalue weighted by Crippen LogP contribution is 2.39. The number of pyridine rings is 1. The lowest BCUT2D eigenvalue weighted by Gasteiger charge is -2.25. The van der Waals surface area contributed by atoms with Crippen LogP contribution in [-0.4, -0.2) is 39.8 Å². The molecular weight excluding hydrogens is 404 g/mol. The second-order valence-electron chi connectivity index (χ2n) is 7.47. The highest BCUT2D eigenvalue weighted by molar-refractivity contribution is 6.46. The lowest BCUT2D eigenvalue weighted by molar-refractivity contribution is -0.139. The molecule has 1 aromatic heterocycles. The normalized spacial score (nSPS) is 17.5. The molecule has 1 aliphatic rings. The summed E-state index contributed by atoms with van der Waals surface area (Å²) >= 11 is 0. The molecule has 1 atom stereocenters. The molecule has 0 spiro atoms. The van der Waals surface area contributed by atoms with Crippen LogP contribution in [0.15, 0.2) is 84.7 Å². The summed E-state index contributed by atoms with van der Waals surface area (Å²) in [7, 11) is 0. The predicted molar refractivity (Wildman–Crippen MR) is 121 cm³/mol. The average Bonchev–Trinajstić information content (AvgIpc) is 3.09. The molecule has 1 unspecified atom stereocenters. The summed E-state index contributed by atoms with van der Waals surface area (Å²) in [4.78, 5) is 31.7. The molecule has 2 heterocycles. The van der Waals surface area contributed by atoms with Crippen LogP contribution in [0.25, 0.3) is 5.76 Å². The van der Waals surface area contributed by atoms with E-state index in [0.717, 1.165) is 5.56 Å². The van der Waals surface area contributed by atoms with Crippen molar-refractivity contribution in [1.29, 1.82) is 0 Å². The number of nitrogens with zero attached hydrogens (tertiary/aromatic N) is 2. The minimum Gasteiger partial charge on any atom is -0.507 e. The number of rotatable bonds is 7. The first kappa shape index (κ1) is 21.3. The van der Waals surface area contributed by atoms with Crippen molar-refractivity contribution in [2.45, 2.75) is 19.4 Å². The van der Waals surface area contributed by atoms with E-state index in [1.807, 2.05) is 43.3 Å². The van der Waals surface area contributed by atoms with Crippen molar-refractivity contribution >= 4 is 17.4 Å². The SMILES string of the molecule is CCOc1ccc(/C(O)=C2\C(=O)C(=O)N(CCc3ccccc3)C2c2cccnc2)cc1. The van der Waals surface area contributed by atoms with Gasteiger partial charge in [-0.05, 0) is 54.8 Å². The van der Waals surface area contributed by atoms with Crippen LogP contribution in [0.5, 0.6) is 5.75 Å². The molecule has 32 heavy (non-hydrogen) atoms. The van der Waals surface area contributed by atoms with Crippen molar-refractivity contribution in [3.63, 3.8) is 0 Å². The fourth-order valence-corrected chi connectivity index (χ4v) is 3.92. The van der Waals surface area contributed by atoms with E-state index < -0.39 is 17.7 Å². The van der Waals surface area contributed by atoms with E-state index in [1.54, 1.807) is 42.7 Å². The topological polar surface area (TPSA) is 79.7 Å². The van der Waals surface area contributed by atoms with Crippen molar-refractivity contribution in [2.24, 2.45) is 0 Å². The van der Waals surface area contributed by atoms with Crippen LogP contribution in [-0.2, 0) is 16.0 Å². The van der Waals surface area contributed by atoms with E-state index in [9.17, 15) is 14.7 Å². The number of aliphatic hydroxyl groups is 1. The number of likely N-dealkylation sites (tertiary alicyclic amines) is 1. The summed E-state index contributed by atoms with van der Waals surface area (Å²) in [5, 5.41) is 11.1. The zero-order valence-electron chi connectivity index (χ0n) is 17.8. The summed E-state index contributed by atoms with van der Waals surface area (Å²) in [5.41, 5.74) is 2.25. The molecular formula is C26H24N2O4. The minimum absolute atomic E-state index is 0.0696. The number of carbonyl (C=O) groups excluding carboxylic acids is 2. The smallest absolute Gasteiger partial charge is 0.295 e. The largest absolute Gasteiger partial charge is 0.507 e. The van der Waals surface area contributed by atoms with E-state index in [1.165, 1.54) is 4.90 Å². The van der Waals surface area contributed by atoms with Crippen molar-refractivity contribution in [3.8, 4) is 5.75 Å². The van der Waals surface area contributed by atoms with Gasteiger partial charge in [0.25, 0.3) is 11.7 Å². The lowest BCUT2D eigenvalue weighted by atomic mass is 9.96. The van der Waals surface area contributed by atoms with Crippen molar-refractivity contribution in [2.75, 3.05) is 13.2 Å². The number of aromatic nitrogens is 1. The molecule has 1 fully saturated rings. The lowest BCUT2D eigenvalue weighted by Crippen LogP contribution is -2.31. The molecule has 0 radical (unpaired) electrons. The number of amides is 1. The van der Waals surface area contributed by atoms with Crippen LogP contribution >= 0.6 is 0 Å². The maximum atomic E-state index is 13.0.